The lowest BCUT2D eigenvalue weighted by atomic mass is 9.95. The van der Waals surface area contributed by atoms with Crippen LogP contribution >= 0.6 is 0 Å². The van der Waals surface area contributed by atoms with Crippen LogP contribution in [-0.4, -0.2) is 6.54 Å². The smallest absolute Gasteiger partial charge is 0.128 e. The van der Waals surface area contributed by atoms with Gasteiger partial charge in [0.15, 0.2) is 0 Å². The van der Waals surface area contributed by atoms with E-state index in [1.54, 1.807) is 6.92 Å². The Morgan fingerprint density at radius 1 is 1.33 bits per heavy atom. The second-order valence-electron chi connectivity index (χ2n) is 5.96. The van der Waals surface area contributed by atoms with E-state index in [4.69, 9.17) is 0 Å². The Balaban J connectivity index is 2.34. The predicted octanol–water partition coefficient (Wildman–Crippen LogP) is 3.97. The Kier molecular flexibility index (Phi) is 3.45. The van der Waals surface area contributed by atoms with Gasteiger partial charge in [-0.1, -0.05) is 20.8 Å². The minimum Gasteiger partial charge on any atom is -0.310 e. The maximum atomic E-state index is 14.0. The van der Waals surface area contributed by atoms with Crippen LogP contribution in [0, 0.1) is 29.9 Å². The molecule has 0 aromatic heterocycles. The van der Waals surface area contributed by atoms with Gasteiger partial charge in [-0.25, -0.2) is 8.78 Å². The molecular weight excluding hydrogens is 232 g/mol. The average Bonchev–Trinajstić information content (AvgIpc) is 2.90. The maximum absolute atomic E-state index is 14.0. The van der Waals surface area contributed by atoms with Crippen molar-refractivity contribution >= 4 is 0 Å². The molecule has 2 unspecified atom stereocenters. The van der Waals surface area contributed by atoms with Gasteiger partial charge in [0.2, 0.25) is 0 Å². The second kappa shape index (κ2) is 4.61. The molecule has 0 heterocycles. The highest BCUT2D eigenvalue weighted by atomic mass is 19.1. The molecule has 1 aromatic carbocycles. The summed E-state index contributed by atoms with van der Waals surface area (Å²) in [6.45, 7) is 8.68. The molecule has 2 atom stereocenters. The summed E-state index contributed by atoms with van der Waals surface area (Å²) < 4.78 is 27.7. The molecular formula is C15H21F2N. The van der Waals surface area contributed by atoms with E-state index < -0.39 is 0 Å². The van der Waals surface area contributed by atoms with E-state index in [-0.39, 0.29) is 23.1 Å². The molecule has 100 valence electrons. The van der Waals surface area contributed by atoms with Crippen LogP contribution < -0.4 is 5.32 Å². The lowest BCUT2D eigenvalue weighted by Gasteiger charge is -2.21. The number of benzene rings is 1. The largest absolute Gasteiger partial charge is 0.310 e. The van der Waals surface area contributed by atoms with E-state index in [9.17, 15) is 8.78 Å². The maximum Gasteiger partial charge on any atom is 0.128 e. The van der Waals surface area contributed by atoms with E-state index in [1.165, 1.54) is 12.1 Å². The van der Waals surface area contributed by atoms with E-state index in [2.05, 4.69) is 19.2 Å². The van der Waals surface area contributed by atoms with Crippen molar-refractivity contribution in [1.29, 1.82) is 0 Å². The van der Waals surface area contributed by atoms with Crippen molar-refractivity contribution in [3.8, 4) is 0 Å². The summed E-state index contributed by atoms with van der Waals surface area (Å²) in [5, 5.41) is 3.30. The van der Waals surface area contributed by atoms with Gasteiger partial charge < -0.3 is 5.32 Å². The zero-order valence-corrected chi connectivity index (χ0v) is 11.5. The van der Waals surface area contributed by atoms with Crippen LogP contribution in [0.15, 0.2) is 12.1 Å². The Hall–Kier alpha value is -0.960. The number of nitrogens with one attached hydrogen (secondary N) is 1. The SMILES string of the molecule is CCNC(c1cc(F)c(C)cc1F)C1CC1(C)C. The molecule has 3 heteroatoms. The molecule has 1 nitrogen and oxygen atoms in total. The molecule has 1 fully saturated rings. The van der Waals surface area contributed by atoms with Crippen LogP contribution in [0.2, 0.25) is 0 Å². The zero-order valence-electron chi connectivity index (χ0n) is 11.5. The summed E-state index contributed by atoms with van der Waals surface area (Å²) in [5.74, 6) is -0.246. The molecule has 1 aliphatic carbocycles. The van der Waals surface area contributed by atoms with Crippen molar-refractivity contribution in [2.45, 2.75) is 40.2 Å². The summed E-state index contributed by atoms with van der Waals surface area (Å²) in [6, 6.07) is 2.57. The van der Waals surface area contributed by atoms with Gasteiger partial charge >= 0.3 is 0 Å². The topological polar surface area (TPSA) is 12.0 Å². The predicted molar refractivity (Wildman–Crippen MR) is 69.4 cm³/mol. The van der Waals surface area contributed by atoms with Crippen molar-refractivity contribution in [3.05, 3.63) is 34.9 Å². The quantitative estimate of drug-likeness (QED) is 0.856. The molecule has 0 spiro atoms. The van der Waals surface area contributed by atoms with Crippen LogP contribution in [0.3, 0.4) is 0 Å². The van der Waals surface area contributed by atoms with Gasteiger partial charge in [-0.05, 0) is 48.9 Å². The molecule has 18 heavy (non-hydrogen) atoms. The molecule has 0 amide bonds. The van der Waals surface area contributed by atoms with Crippen molar-refractivity contribution in [1.82, 2.24) is 5.32 Å². The van der Waals surface area contributed by atoms with E-state index in [0.717, 1.165) is 13.0 Å². The lowest BCUT2D eigenvalue weighted by Crippen LogP contribution is -2.25. The summed E-state index contributed by atoms with van der Waals surface area (Å²) >= 11 is 0. The van der Waals surface area contributed by atoms with Gasteiger partial charge in [-0.15, -0.1) is 0 Å². The van der Waals surface area contributed by atoms with Crippen LogP contribution in [0.1, 0.15) is 44.4 Å². The highest BCUT2D eigenvalue weighted by Crippen LogP contribution is 2.58. The lowest BCUT2D eigenvalue weighted by molar-refractivity contribution is 0.407. The normalized spacial score (nSPS) is 22.9. The summed E-state index contributed by atoms with van der Waals surface area (Å²) in [7, 11) is 0. The van der Waals surface area contributed by atoms with Gasteiger partial charge in [0.05, 0.1) is 0 Å². The van der Waals surface area contributed by atoms with Crippen LogP contribution in [0.4, 0.5) is 8.78 Å². The fraction of sp³-hybridized carbons (Fsp3) is 0.600. The first-order valence-electron chi connectivity index (χ1n) is 6.55. The van der Waals surface area contributed by atoms with Gasteiger partial charge in [0.25, 0.3) is 0 Å². The summed E-state index contributed by atoms with van der Waals surface area (Å²) in [5.41, 5.74) is 1.05. The van der Waals surface area contributed by atoms with Crippen LogP contribution in [0.25, 0.3) is 0 Å². The summed E-state index contributed by atoms with van der Waals surface area (Å²) in [4.78, 5) is 0. The highest BCUT2D eigenvalue weighted by Gasteiger charge is 2.50. The zero-order chi connectivity index (χ0) is 13.5. The van der Waals surface area contributed by atoms with E-state index in [0.29, 0.717) is 17.0 Å². The fourth-order valence-corrected chi connectivity index (χ4v) is 2.67. The monoisotopic (exact) mass is 253 g/mol. The second-order valence-corrected chi connectivity index (χ2v) is 5.96. The van der Waals surface area contributed by atoms with Crippen LogP contribution in [0.5, 0.6) is 0 Å². The van der Waals surface area contributed by atoms with Crippen molar-refractivity contribution in [3.63, 3.8) is 0 Å². The third-order valence-electron chi connectivity index (χ3n) is 4.03. The molecule has 1 saturated carbocycles. The summed E-state index contributed by atoms with van der Waals surface area (Å²) in [6.07, 6.45) is 1.06. The number of halogens is 2. The molecule has 1 aromatic rings. The average molecular weight is 253 g/mol. The minimum atomic E-state index is -0.326. The van der Waals surface area contributed by atoms with E-state index in [1.807, 2.05) is 6.92 Å². The number of hydrogen-bond donors (Lipinski definition) is 1. The molecule has 0 saturated heterocycles. The molecule has 0 aliphatic heterocycles. The molecule has 0 bridgehead atoms. The molecule has 0 radical (unpaired) electrons. The van der Waals surface area contributed by atoms with E-state index >= 15 is 0 Å². The van der Waals surface area contributed by atoms with Gasteiger partial charge in [0.1, 0.15) is 11.6 Å². The molecule has 1 aliphatic rings. The Bertz CT molecular complexity index is 454. The minimum absolute atomic E-state index is 0.0832. The molecule has 2 rings (SSSR count). The first-order chi connectivity index (χ1) is 8.36. The first-order valence-corrected chi connectivity index (χ1v) is 6.55. The number of aryl methyl sites for hydroxylation is 1. The number of hydrogen-bond acceptors (Lipinski definition) is 1. The van der Waals surface area contributed by atoms with Gasteiger partial charge in [-0.3, -0.25) is 0 Å². The highest BCUT2D eigenvalue weighted by molar-refractivity contribution is 5.30. The third-order valence-corrected chi connectivity index (χ3v) is 4.03. The van der Waals surface area contributed by atoms with Crippen molar-refractivity contribution < 1.29 is 8.78 Å². The Morgan fingerprint density at radius 3 is 2.44 bits per heavy atom. The standard InChI is InChI=1S/C15H21F2N/c1-5-18-14(11-8-15(11,3)4)10-7-12(16)9(2)6-13(10)17/h6-7,11,14,18H,5,8H2,1-4H3. The van der Waals surface area contributed by atoms with Gasteiger partial charge in [-0.2, -0.15) is 0 Å². The molecule has 1 N–H and O–H groups in total. The number of rotatable bonds is 4. The first kappa shape index (κ1) is 13.5. The van der Waals surface area contributed by atoms with Crippen LogP contribution in [-0.2, 0) is 0 Å². The van der Waals surface area contributed by atoms with Gasteiger partial charge in [0, 0.05) is 11.6 Å². The van der Waals surface area contributed by atoms with Crippen molar-refractivity contribution in [2.75, 3.05) is 6.54 Å². The Labute approximate surface area is 108 Å². The fourth-order valence-electron chi connectivity index (χ4n) is 2.67. The van der Waals surface area contributed by atoms with Crippen molar-refractivity contribution in [2.24, 2.45) is 11.3 Å². The Morgan fingerprint density at radius 2 is 1.94 bits per heavy atom. The third kappa shape index (κ3) is 2.41.